The average Bonchev–Trinajstić information content (AvgIpc) is 2.47. The molecule has 0 radical (unpaired) electrons. The van der Waals surface area contributed by atoms with Crippen molar-refractivity contribution in [3.63, 3.8) is 0 Å². The molecule has 1 heterocycles. The summed E-state index contributed by atoms with van der Waals surface area (Å²) in [7, 11) is 1.80. The molecule has 0 fully saturated rings. The molecule has 0 aliphatic carbocycles. The molecule has 0 saturated heterocycles. The van der Waals surface area contributed by atoms with Crippen molar-refractivity contribution < 1.29 is 14.2 Å². The van der Waals surface area contributed by atoms with Crippen LogP contribution in [0.1, 0.15) is 51.5 Å². The first-order valence-electron chi connectivity index (χ1n) is 9.78. The first-order valence-corrected chi connectivity index (χ1v) is 6.28. The molecule has 100 valence electrons. The van der Waals surface area contributed by atoms with Crippen LogP contribution in [0.15, 0.2) is 30.5 Å². The highest BCUT2D eigenvalue weighted by Gasteiger charge is 2.16. The quantitative estimate of drug-likeness (QED) is 0.712. The van der Waals surface area contributed by atoms with E-state index in [9.17, 15) is 0 Å². The lowest BCUT2D eigenvalue weighted by molar-refractivity contribution is -0.660. The Kier molecular flexibility index (Phi) is 1.96. The van der Waals surface area contributed by atoms with Crippen molar-refractivity contribution in [1.82, 2.24) is 0 Å². The Hall–Kier alpha value is -1.63. The summed E-state index contributed by atoms with van der Waals surface area (Å²) in [6, 6.07) is 6.87. The van der Waals surface area contributed by atoms with E-state index in [-0.39, 0.29) is 5.56 Å². The Bertz CT molecular complexity index is 833. The van der Waals surface area contributed by atoms with Crippen molar-refractivity contribution in [2.75, 3.05) is 0 Å². The topological polar surface area (TPSA) is 3.88 Å². The smallest absolute Gasteiger partial charge is 0.201 e. The lowest BCUT2D eigenvalue weighted by Crippen LogP contribution is -2.32. The van der Waals surface area contributed by atoms with Gasteiger partial charge in [0, 0.05) is 26.8 Å². The standard InChI is InChI=1S/C18H24N/c1-12(2)17-11-19(6)18(10-15(17)5)16-8-7-13(3)9-14(16)4/h7-12H,1-6H3/q+1/i1D3,3D3,12D. The van der Waals surface area contributed by atoms with E-state index in [4.69, 9.17) is 9.60 Å². The fraction of sp³-hybridized carbons (Fsp3) is 0.389. The van der Waals surface area contributed by atoms with Crippen LogP contribution in [0.25, 0.3) is 11.3 Å². The maximum Gasteiger partial charge on any atom is 0.212 e. The monoisotopic (exact) mass is 261 g/mol. The summed E-state index contributed by atoms with van der Waals surface area (Å²) in [6.07, 6.45) is 1.68. The molecule has 1 unspecified atom stereocenters. The molecule has 0 aliphatic heterocycles. The lowest BCUT2D eigenvalue weighted by atomic mass is 9.96. The summed E-state index contributed by atoms with van der Waals surface area (Å²) >= 11 is 0. The number of pyridine rings is 1. The van der Waals surface area contributed by atoms with Gasteiger partial charge < -0.3 is 0 Å². The number of aromatic nitrogens is 1. The van der Waals surface area contributed by atoms with Gasteiger partial charge in [0.05, 0.1) is 0 Å². The van der Waals surface area contributed by atoms with Gasteiger partial charge in [-0.1, -0.05) is 31.5 Å². The molecule has 1 aromatic carbocycles. The third-order valence-electron chi connectivity index (χ3n) is 3.39. The van der Waals surface area contributed by atoms with Gasteiger partial charge in [-0.15, -0.1) is 0 Å². The van der Waals surface area contributed by atoms with Crippen LogP contribution in [0.3, 0.4) is 0 Å². The molecule has 1 aromatic heterocycles. The van der Waals surface area contributed by atoms with Gasteiger partial charge in [0.25, 0.3) is 0 Å². The normalized spacial score (nSPS) is 20.9. The van der Waals surface area contributed by atoms with Gasteiger partial charge in [-0.25, -0.2) is 4.57 Å². The molecule has 2 aromatic rings. The number of benzene rings is 1. The lowest BCUT2D eigenvalue weighted by Gasteiger charge is -2.11. The van der Waals surface area contributed by atoms with Gasteiger partial charge in [-0.3, -0.25) is 0 Å². The molecule has 0 bridgehead atoms. The van der Waals surface area contributed by atoms with Gasteiger partial charge in [0.1, 0.15) is 7.05 Å². The minimum atomic E-state index is -2.44. The van der Waals surface area contributed by atoms with Crippen LogP contribution >= 0.6 is 0 Å². The Morgan fingerprint density at radius 3 is 2.63 bits per heavy atom. The highest BCUT2D eigenvalue weighted by Crippen LogP contribution is 2.25. The van der Waals surface area contributed by atoms with Crippen LogP contribution in [0.5, 0.6) is 0 Å². The van der Waals surface area contributed by atoms with Crippen molar-refractivity contribution >= 4 is 0 Å². The predicted octanol–water partition coefficient (Wildman–Crippen LogP) is 4.23. The summed E-state index contributed by atoms with van der Waals surface area (Å²) in [5, 5.41) is 0. The Morgan fingerprint density at radius 1 is 1.21 bits per heavy atom. The van der Waals surface area contributed by atoms with Crippen LogP contribution in [0.2, 0.25) is 0 Å². The van der Waals surface area contributed by atoms with Crippen molar-refractivity contribution in [3.05, 3.63) is 52.7 Å². The zero-order valence-corrected chi connectivity index (χ0v) is 11.8. The van der Waals surface area contributed by atoms with E-state index in [0.29, 0.717) is 11.1 Å². The van der Waals surface area contributed by atoms with E-state index >= 15 is 0 Å². The van der Waals surface area contributed by atoms with E-state index in [1.54, 1.807) is 42.9 Å². The second-order valence-corrected chi connectivity index (χ2v) is 5.02. The number of hydrogen-bond acceptors (Lipinski definition) is 0. The fourth-order valence-corrected chi connectivity index (χ4v) is 2.36. The first-order chi connectivity index (χ1) is 11.7. The molecule has 0 amide bonds. The maximum atomic E-state index is 8.33. The maximum absolute atomic E-state index is 8.33. The molecule has 1 atom stereocenters. The molecule has 1 nitrogen and oxygen atoms in total. The van der Waals surface area contributed by atoms with E-state index in [1.165, 1.54) is 6.92 Å². The van der Waals surface area contributed by atoms with E-state index in [0.717, 1.165) is 16.8 Å². The number of aryl methyl sites for hydroxylation is 4. The Morgan fingerprint density at radius 2 is 2.00 bits per heavy atom. The highest BCUT2D eigenvalue weighted by atomic mass is 14.9. The van der Waals surface area contributed by atoms with E-state index in [1.807, 2.05) is 13.0 Å². The highest BCUT2D eigenvalue weighted by molar-refractivity contribution is 5.62. The van der Waals surface area contributed by atoms with Crippen molar-refractivity contribution in [3.8, 4) is 11.3 Å². The van der Waals surface area contributed by atoms with Gasteiger partial charge >= 0.3 is 0 Å². The molecule has 0 spiro atoms. The zero-order valence-electron chi connectivity index (χ0n) is 18.8. The van der Waals surface area contributed by atoms with Crippen LogP contribution < -0.4 is 4.57 Å². The molecule has 19 heavy (non-hydrogen) atoms. The Labute approximate surface area is 126 Å². The van der Waals surface area contributed by atoms with Gasteiger partial charge in [0.15, 0.2) is 6.20 Å². The van der Waals surface area contributed by atoms with Crippen molar-refractivity contribution in [1.29, 1.82) is 0 Å². The summed E-state index contributed by atoms with van der Waals surface area (Å²) < 4.78 is 55.7. The summed E-state index contributed by atoms with van der Waals surface area (Å²) in [6.45, 7) is 0.453. The van der Waals surface area contributed by atoms with Gasteiger partial charge in [0.2, 0.25) is 5.69 Å². The third kappa shape index (κ3) is 2.70. The molecule has 0 N–H and O–H groups in total. The van der Waals surface area contributed by atoms with Gasteiger partial charge in [-0.05, 0) is 43.8 Å². The van der Waals surface area contributed by atoms with E-state index in [2.05, 4.69) is 0 Å². The summed E-state index contributed by atoms with van der Waals surface area (Å²) in [5.41, 5.74) is 3.98. The van der Waals surface area contributed by atoms with Crippen molar-refractivity contribution in [2.45, 2.75) is 40.4 Å². The minimum absolute atomic E-state index is 0.288. The Balaban J connectivity index is 2.59. The second-order valence-electron chi connectivity index (χ2n) is 5.02. The summed E-state index contributed by atoms with van der Waals surface area (Å²) in [5.74, 6) is -1.71. The first kappa shape index (κ1) is 7.23. The molecule has 1 heteroatoms. The molecular formula is C18H24N+. The van der Waals surface area contributed by atoms with Crippen LogP contribution in [-0.4, -0.2) is 0 Å². The zero-order chi connectivity index (χ0) is 20.1. The molecular weight excluding hydrogens is 230 g/mol. The average molecular weight is 261 g/mol. The minimum Gasteiger partial charge on any atom is -0.201 e. The fourth-order valence-electron chi connectivity index (χ4n) is 2.36. The van der Waals surface area contributed by atoms with Crippen molar-refractivity contribution in [2.24, 2.45) is 7.05 Å². The SMILES string of the molecule is [2H]C([2H])([2H])c1ccc(-c2cc(C)c(C([2H])(C)C([2H])([2H])[2H])c[n+]2C)c(C)c1. The number of nitrogens with zero attached hydrogens (tertiary/aromatic N) is 1. The largest absolute Gasteiger partial charge is 0.212 e. The second kappa shape index (κ2) is 5.16. The third-order valence-corrected chi connectivity index (χ3v) is 3.39. The van der Waals surface area contributed by atoms with Crippen LogP contribution in [0.4, 0.5) is 0 Å². The predicted molar refractivity (Wildman–Crippen MR) is 81.4 cm³/mol. The van der Waals surface area contributed by atoms with Gasteiger partial charge in [-0.2, -0.15) is 0 Å². The molecule has 0 aliphatic rings. The number of hydrogen-bond donors (Lipinski definition) is 0. The molecule has 0 saturated carbocycles. The van der Waals surface area contributed by atoms with E-state index < -0.39 is 19.6 Å². The van der Waals surface area contributed by atoms with Crippen LogP contribution in [-0.2, 0) is 7.05 Å². The molecule has 2 rings (SSSR count). The summed E-state index contributed by atoms with van der Waals surface area (Å²) in [4.78, 5) is 0. The number of rotatable bonds is 2. The van der Waals surface area contributed by atoms with Crippen LogP contribution in [0, 0.1) is 20.7 Å².